The van der Waals surface area contributed by atoms with Crippen molar-refractivity contribution in [1.29, 1.82) is 0 Å². The van der Waals surface area contributed by atoms with Gasteiger partial charge in [-0.2, -0.15) is 13.2 Å². The van der Waals surface area contributed by atoms with Crippen LogP contribution in [0.4, 0.5) is 13.2 Å². The van der Waals surface area contributed by atoms with Crippen LogP contribution in [0.5, 0.6) is 0 Å². The molecule has 0 bridgehead atoms. The van der Waals surface area contributed by atoms with Crippen LogP contribution in [0, 0.1) is 0 Å². The molecular formula is C10H8Cl2F3NO2. The molecule has 1 aromatic carbocycles. The summed E-state index contributed by atoms with van der Waals surface area (Å²) in [4.78, 5) is 10.9. The molecule has 0 saturated carbocycles. The van der Waals surface area contributed by atoms with Crippen molar-refractivity contribution in [2.75, 3.05) is 6.54 Å². The van der Waals surface area contributed by atoms with Gasteiger partial charge in [0.1, 0.15) is 6.04 Å². The number of carboxylic acid groups (broad SMARTS) is 1. The maximum absolute atomic E-state index is 12.0. The zero-order valence-corrected chi connectivity index (χ0v) is 10.3. The first kappa shape index (κ1) is 15.1. The highest BCUT2D eigenvalue weighted by atomic mass is 35.5. The summed E-state index contributed by atoms with van der Waals surface area (Å²) in [7, 11) is 0. The summed E-state index contributed by atoms with van der Waals surface area (Å²) in [6.07, 6.45) is -4.50. The molecule has 3 nitrogen and oxygen atoms in total. The number of hydrogen-bond donors (Lipinski definition) is 2. The number of alkyl halides is 3. The van der Waals surface area contributed by atoms with E-state index < -0.39 is 24.7 Å². The molecule has 0 aliphatic heterocycles. The summed E-state index contributed by atoms with van der Waals surface area (Å²) in [5.41, 5.74) is 0.0595. The van der Waals surface area contributed by atoms with Gasteiger partial charge in [-0.15, -0.1) is 0 Å². The van der Waals surface area contributed by atoms with Gasteiger partial charge in [0.2, 0.25) is 0 Å². The van der Waals surface area contributed by atoms with Gasteiger partial charge in [-0.05, 0) is 23.8 Å². The highest BCUT2D eigenvalue weighted by Gasteiger charge is 2.30. The lowest BCUT2D eigenvalue weighted by atomic mass is 10.1. The van der Waals surface area contributed by atoms with E-state index in [0.717, 1.165) is 0 Å². The minimum Gasteiger partial charge on any atom is -0.480 e. The van der Waals surface area contributed by atoms with Crippen molar-refractivity contribution >= 4 is 29.2 Å². The van der Waals surface area contributed by atoms with Gasteiger partial charge in [-0.1, -0.05) is 23.2 Å². The summed E-state index contributed by atoms with van der Waals surface area (Å²) < 4.78 is 36.1. The second-order valence-corrected chi connectivity index (χ2v) is 4.34. The van der Waals surface area contributed by atoms with E-state index in [0.29, 0.717) is 0 Å². The minimum atomic E-state index is -4.50. The Morgan fingerprint density at radius 3 is 2.17 bits per heavy atom. The first-order chi connectivity index (χ1) is 8.19. The van der Waals surface area contributed by atoms with E-state index in [9.17, 15) is 18.0 Å². The standard InChI is InChI=1S/C10H8Cl2F3NO2/c11-6-1-5(2-7(12)3-6)8(9(17)18)16-4-10(13,14)15/h1-3,8,16H,4H2,(H,17,18). The van der Waals surface area contributed by atoms with E-state index >= 15 is 0 Å². The molecule has 18 heavy (non-hydrogen) atoms. The van der Waals surface area contributed by atoms with Crippen LogP contribution in [-0.2, 0) is 4.79 Å². The maximum atomic E-state index is 12.0. The third-order valence-electron chi connectivity index (χ3n) is 1.97. The van der Waals surface area contributed by atoms with Gasteiger partial charge >= 0.3 is 12.1 Å². The van der Waals surface area contributed by atoms with Crippen molar-refractivity contribution in [3.8, 4) is 0 Å². The fraction of sp³-hybridized carbons (Fsp3) is 0.300. The number of hydrogen-bond acceptors (Lipinski definition) is 2. The fourth-order valence-corrected chi connectivity index (χ4v) is 1.85. The average molecular weight is 302 g/mol. The molecule has 1 rings (SSSR count). The van der Waals surface area contributed by atoms with Crippen LogP contribution in [0.1, 0.15) is 11.6 Å². The van der Waals surface area contributed by atoms with Gasteiger partial charge in [0.25, 0.3) is 0 Å². The molecule has 0 aliphatic rings. The van der Waals surface area contributed by atoms with Gasteiger partial charge in [0.05, 0.1) is 6.54 Å². The van der Waals surface area contributed by atoms with Crippen LogP contribution in [0.2, 0.25) is 10.0 Å². The fourth-order valence-electron chi connectivity index (χ4n) is 1.31. The Bertz CT molecular complexity index is 431. The van der Waals surface area contributed by atoms with Crippen molar-refractivity contribution in [3.63, 3.8) is 0 Å². The molecule has 0 amide bonds. The molecule has 100 valence electrons. The molecule has 2 N–H and O–H groups in total. The summed E-state index contributed by atoms with van der Waals surface area (Å²) >= 11 is 11.3. The molecule has 1 aromatic rings. The lowest BCUT2D eigenvalue weighted by Gasteiger charge is -2.16. The number of rotatable bonds is 4. The Kier molecular flexibility index (Phi) is 4.84. The van der Waals surface area contributed by atoms with Gasteiger partial charge in [-0.25, -0.2) is 0 Å². The lowest BCUT2D eigenvalue weighted by Crippen LogP contribution is -2.36. The first-order valence-electron chi connectivity index (χ1n) is 4.68. The van der Waals surface area contributed by atoms with E-state index in [1.165, 1.54) is 18.2 Å². The minimum absolute atomic E-state index is 0.0595. The summed E-state index contributed by atoms with van der Waals surface area (Å²) in [5.74, 6) is -1.45. The smallest absolute Gasteiger partial charge is 0.401 e. The third-order valence-corrected chi connectivity index (χ3v) is 2.41. The van der Waals surface area contributed by atoms with Gasteiger partial charge in [0.15, 0.2) is 0 Å². The zero-order valence-electron chi connectivity index (χ0n) is 8.76. The van der Waals surface area contributed by atoms with Crippen molar-refractivity contribution < 1.29 is 23.1 Å². The molecule has 0 heterocycles. The van der Waals surface area contributed by atoms with Crippen LogP contribution in [-0.4, -0.2) is 23.8 Å². The number of nitrogens with one attached hydrogen (secondary N) is 1. The third kappa shape index (κ3) is 4.72. The van der Waals surface area contributed by atoms with Crippen molar-refractivity contribution in [1.82, 2.24) is 5.32 Å². The topological polar surface area (TPSA) is 49.3 Å². The van der Waals surface area contributed by atoms with Crippen LogP contribution >= 0.6 is 23.2 Å². The number of carboxylic acids is 1. The number of halogens is 5. The van der Waals surface area contributed by atoms with Crippen LogP contribution in [0.15, 0.2) is 18.2 Å². The summed E-state index contributed by atoms with van der Waals surface area (Å²) in [6.45, 7) is -1.42. The summed E-state index contributed by atoms with van der Waals surface area (Å²) in [6, 6.07) is 2.32. The van der Waals surface area contributed by atoms with Gasteiger partial charge in [0, 0.05) is 10.0 Å². The lowest BCUT2D eigenvalue weighted by molar-refractivity contribution is -0.143. The number of aliphatic carboxylic acids is 1. The zero-order chi connectivity index (χ0) is 13.9. The largest absolute Gasteiger partial charge is 0.480 e. The molecule has 0 aromatic heterocycles. The normalized spacial score (nSPS) is 13.4. The molecule has 0 saturated heterocycles. The van der Waals surface area contributed by atoms with Crippen molar-refractivity contribution in [2.24, 2.45) is 0 Å². The van der Waals surface area contributed by atoms with E-state index in [2.05, 4.69) is 0 Å². The Hall–Kier alpha value is -0.980. The Labute approximate surface area is 110 Å². The molecule has 0 spiro atoms. The second-order valence-electron chi connectivity index (χ2n) is 3.47. The Morgan fingerprint density at radius 1 is 1.28 bits per heavy atom. The van der Waals surface area contributed by atoms with E-state index in [1.807, 2.05) is 5.32 Å². The van der Waals surface area contributed by atoms with Gasteiger partial charge < -0.3 is 5.11 Å². The van der Waals surface area contributed by atoms with E-state index in [-0.39, 0.29) is 15.6 Å². The average Bonchev–Trinajstić information content (AvgIpc) is 2.13. The second kappa shape index (κ2) is 5.77. The van der Waals surface area contributed by atoms with Gasteiger partial charge in [-0.3, -0.25) is 10.1 Å². The quantitative estimate of drug-likeness (QED) is 0.897. The predicted molar refractivity (Wildman–Crippen MR) is 60.9 cm³/mol. The maximum Gasteiger partial charge on any atom is 0.401 e. The highest BCUT2D eigenvalue weighted by molar-refractivity contribution is 6.34. The number of benzene rings is 1. The molecular weight excluding hydrogens is 294 g/mol. The van der Waals surface area contributed by atoms with Crippen molar-refractivity contribution in [2.45, 2.75) is 12.2 Å². The van der Waals surface area contributed by atoms with Crippen LogP contribution < -0.4 is 5.32 Å². The molecule has 1 unspecified atom stereocenters. The van der Waals surface area contributed by atoms with Crippen LogP contribution in [0.25, 0.3) is 0 Å². The Morgan fingerprint density at radius 2 is 1.78 bits per heavy atom. The first-order valence-corrected chi connectivity index (χ1v) is 5.43. The highest BCUT2D eigenvalue weighted by Crippen LogP contribution is 2.24. The van der Waals surface area contributed by atoms with E-state index in [4.69, 9.17) is 28.3 Å². The molecule has 0 radical (unpaired) electrons. The predicted octanol–water partition coefficient (Wildman–Crippen LogP) is 3.27. The molecule has 8 heteroatoms. The van der Waals surface area contributed by atoms with Crippen LogP contribution in [0.3, 0.4) is 0 Å². The molecule has 0 aliphatic carbocycles. The Balaban J connectivity index is 2.94. The van der Waals surface area contributed by atoms with E-state index in [1.54, 1.807) is 0 Å². The van der Waals surface area contributed by atoms with Crippen molar-refractivity contribution in [3.05, 3.63) is 33.8 Å². The molecule has 1 atom stereocenters. The molecule has 0 fully saturated rings. The monoisotopic (exact) mass is 301 g/mol. The number of carbonyl (C=O) groups is 1. The SMILES string of the molecule is O=C(O)C(NCC(F)(F)F)c1cc(Cl)cc(Cl)c1. The summed E-state index contributed by atoms with van der Waals surface area (Å²) in [5, 5.41) is 11.1.